The number of aromatic nitrogens is 5. The minimum Gasteiger partial charge on any atom is -0.307 e. The first-order valence-corrected chi connectivity index (χ1v) is 25.1. The van der Waals surface area contributed by atoms with Crippen molar-refractivity contribution in [1.82, 2.24) is 24.1 Å². The van der Waals surface area contributed by atoms with Gasteiger partial charge in [0.1, 0.15) is 0 Å². The van der Waals surface area contributed by atoms with Gasteiger partial charge in [0.05, 0.1) is 22.1 Å². The van der Waals surface area contributed by atoms with Crippen molar-refractivity contribution < 1.29 is 0 Å². The van der Waals surface area contributed by atoms with Crippen LogP contribution in [0, 0.1) is 0 Å². The van der Waals surface area contributed by atoms with Crippen LogP contribution in [0.25, 0.3) is 134 Å². The van der Waals surface area contributed by atoms with Gasteiger partial charge in [-0.2, -0.15) is 9.97 Å². The first-order valence-electron chi connectivity index (χ1n) is 25.1. The summed E-state index contributed by atoms with van der Waals surface area (Å²) in [6, 6.07) is 97.4. The first-order chi connectivity index (χ1) is 36.7. The zero-order chi connectivity index (χ0) is 49.0. The second-order valence-electron chi connectivity index (χ2n) is 18.8. The van der Waals surface area contributed by atoms with Gasteiger partial charge in [-0.05, 0) is 98.1 Å². The Bertz CT molecular complexity index is 4300. The molecule has 14 rings (SSSR count). The normalized spacial score (nSPS) is 11.5. The molecule has 0 radical (unpaired) electrons. The molecule has 346 valence electrons. The Hall–Kier alpha value is -9.97. The van der Waals surface area contributed by atoms with Crippen LogP contribution in [0.5, 0.6) is 0 Å². The lowest BCUT2D eigenvalue weighted by Crippen LogP contribution is -2.07. The Morgan fingerprint density at radius 3 is 1.18 bits per heavy atom. The third kappa shape index (κ3) is 7.46. The molecule has 3 heterocycles. The molecule has 0 unspecified atom stereocenters. The molecule has 0 saturated carbocycles. The molecule has 0 N–H and O–H groups in total. The summed E-state index contributed by atoms with van der Waals surface area (Å²) in [6.07, 6.45) is 0. The SMILES string of the molecule is c1ccc(-c2cccc(-c3cc(-c4cccc(-c5ccccc5)c4)cc(-n4c5ccccc5c5ccc6c7ccccc7n(-c7nc(-c8ccccc8)nc(-c8ccccc8-c8ccccc8)n7)c6c54)c3)c2)cc1. The summed E-state index contributed by atoms with van der Waals surface area (Å²) in [6.45, 7) is 0. The van der Waals surface area contributed by atoms with E-state index in [1.165, 1.54) is 22.3 Å². The van der Waals surface area contributed by atoms with Crippen LogP contribution in [0.3, 0.4) is 0 Å². The predicted molar refractivity (Wildman–Crippen MR) is 307 cm³/mol. The maximum atomic E-state index is 5.53. The molecule has 0 fully saturated rings. The van der Waals surface area contributed by atoms with Crippen molar-refractivity contribution >= 4 is 43.6 Å². The van der Waals surface area contributed by atoms with Crippen molar-refractivity contribution in [3.63, 3.8) is 0 Å². The van der Waals surface area contributed by atoms with Crippen molar-refractivity contribution in [3.8, 4) is 90.0 Å². The largest absolute Gasteiger partial charge is 0.307 e. The third-order valence-corrected chi connectivity index (χ3v) is 14.4. The van der Waals surface area contributed by atoms with Crippen LogP contribution in [-0.2, 0) is 0 Å². The number of hydrogen-bond donors (Lipinski definition) is 0. The van der Waals surface area contributed by atoms with Crippen LogP contribution in [0.2, 0.25) is 0 Å². The van der Waals surface area contributed by atoms with Gasteiger partial charge in [0.15, 0.2) is 11.6 Å². The zero-order valence-electron chi connectivity index (χ0n) is 40.2. The summed E-state index contributed by atoms with van der Waals surface area (Å²) in [7, 11) is 0. The lowest BCUT2D eigenvalue weighted by molar-refractivity contribution is 0.953. The number of para-hydroxylation sites is 2. The molecule has 74 heavy (non-hydrogen) atoms. The quantitative estimate of drug-likeness (QED) is 0.145. The van der Waals surface area contributed by atoms with Gasteiger partial charge in [-0.3, -0.25) is 4.57 Å². The van der Waals surface area contributed by atoms with E-state index in [1.807, 2.05) is 24.3 Å². The summed E-state index contributed by atoms with van der Waals surface area (Å²) in [5.41, 5.74) is 18.4. The molecule has 0 aliphatic heterocycles. The predicted octanol–water partition coefficient (Wildman–Crippen LogP) is 17.7. The first kappa shape index (κ1) is 42.9. The van der Waals surface area contributed by atoms with E-state index in [4.69, 9.17) is 15.0 Å². The Kier molecular flexibility index (Phi) is 10.4. The van der Waals surface area contributed by atoms with Crippen LogP contribution < -0.4 is 0 Å². The average molecular weight is 944 g/mol. The van der Waals surface area contributed by atoms with Gasteiger partial charge in [-0.25, -0.2) is 4.98 Å². The maximum Gasteiger partial charge on any atom is 0.238 e. The highest BCUT2D eigenvalue weighted by Gasteiger charge is 2.25. The van der Waals surface area contributed by atoms with E-state index in [1.54, 1.807) is 0 Å². The molecule has 0 aliphatic rings. The van der Waals surface area contributed by atoms with Gasteiger partial charge in [0.2, 0.25) is 5.95 Å². The van der Waals surface area contributed by atoms with Crippen LogP contribution in [-0.4, -0.2) is 24.1 Å². The molecule has 5 nitrogen and oxygen atoms in total. The smallest absolute Gasteiger partial charge is 0.238 e. The lowest BCUT2D eigenvalue weighted by atomic mass is 9.94. The lowest BCUT2D eigenvalue weighted by Gasteiger charge is -2.16. The summed E-state index contributed by atoms with van der Waals surface area (Å²) < 4.78 is 4.75. The van der Waals surface area contributed by atoms with Gasteiger partial charge in [0.25, 0.3) is 0 Å². The minimum absolute atomic E-state index is 0.539. The molecular weight excluding hydrogens is 899 g/mol. The highest BCUT2D eigenvalue weighted by atomic mass is 15.2. The number of benzene rings is 11. The molecule has 0 amide bonds. The fraction of sp³-hybridized carbons (Fsp3) is 0. The molecule has 0 spiro atoms. The number of fused-ring (bicyclic) bond motifs is 7. The van der Waals surface area contributed by atoms with Gasteiger partial charge in [0, 0.05) is 38.4 Å². The number of hydrogen-bond acceptors (Lipinski definition) is 3. The van der Waals surface area contributed by atoms with Crippen LogP contribution in [0.4, 0.5) is 0 Å². The molecule has 14 aromatic rings. The standard InChI is InChI=1S/C69H45N5/c1-5-21-46(22-6-1)50-29-19-31-52(41-50)54-43-55(53-32-20-30-51(42-53)47-23-7-2-8-24-47)45-56(44-54)73-63-37-17-15-34-58(63)60-39-40-61-59-35-16-18-38-64(59)74(66(61)65(60)73)69-71-67(49-27-11-4-12-28-49)70-68(72-69)62-36-14-13-33-57(62)48-25-9-3-10-26-48/h1-45H. The topological polar surface area (TPSA) is 48.5 Å². The Morgan fingerprint density at radius 2 is 0.622 bits per heavy atom. The highest BCUT2D eigenvalue weighted by Crippen LogP contribution is 2.44. The average Bonchev–Trinajstić information content (AvgIpc) is 4.01. The highest BCUT2D eigenvalue weighted by molar-refractivity contribution is 6.23. The van der Waals surface area contributed by atoms with Crippen LogP contribution in [0.15, 0.2) is 273 Å². The van der Waals surface area contributed by atoms with Crippen molar-refractivity contribution in [1.29, 1.82) is 0 Å². The second-order valence-corrected chi connectivity index (χ2v) is 18.8. The number of rotatable bonds is 9. The van der Waals surface area contributed by atoms with Gasteiger partial charge < -0.3 is 4.57 Å². The Balaban J connectivity index is 1.08. The van der Waals surface area contributed by atoms with Crippen molar-refractivity contribution in [2.24, 2.45) is 0 Å². The maximum absolute atomic E-state index is 5.53. The fourth-order valence-electron chi connectivity index (χ4n) is 10.9. The summed E-state index contributed by atoms with van der Waals surface area (Å²) in [5.74, 6) is 1.73. The van der Waals surface area contributed by atoms with Gasteiger partial charge >= 0.3 is 0 Å². The minimum atomic E-state index is 0.539. The van der Waals surface area contributed by atoms with E-state index in [0.717, 1.165) is 93.8 Å². The summed E-state index contributed by atoms with van der Waals surface area (Å²) >= 11 is 0. The van der Waals surface area contributed by atoms with E-state index in [-0.39, 0.29) is 0 Å². The summed E-state index contributed by atoms with van der Waals surface area (Å²) in [5, 5.41) is 4.50. The van der Waals surface area contributed by atoms with Gasteiger partial charge in [-0.1, -0.05) is 231 Å². The molecule has 5 heteroatoms. The molecule has 0 saturated heterocycles. The van der Waals surface area contributed by atoms with Gasteiger partial charge in [-0.15, -0.1) is 0 Å². The monoisotopic (exact) mass is 943 g/mol. The third-order valence-electron chi connectivity index (χ3n) is 14.4. The molecule has 3 aromatic heterocycles. The van der Waals surface area contributed by atoms with Crippen LogP contribution in [0.1, 0.15) is 0 Å². The number of nitrogens with zero attached hydrogens (tertiary/aromatic N) is 5. The molecule has 11 aromatic carbocycles. The van der Waals surface area contributed by atoms with Crippen LogP contribution >= 0.6 is 0 Å². The van der Waals surface area contributed by atoms with E-state index >= 15 is 0 Å². The van der Waals surface area contributed by atoms with Crippen molar-refractivity contribution in [3.05, 3.63) is 273 Å². The molecular formula is C69H45N5. The summed E-state index contributed by atoms with van der Waals surface area (Å²) in [4.78, 5) is 16.2. The Labute approximate surface area is 428 Å². The van der Waals surface area contributed by atoms with E-state index < -0.39 is 0 Å². The fourth-order valence-corrected chi connectivity index (χ4v) is 10.9. The molecule has 0 aliphatic carbocycles. The second kappa shape index (κ2) is 18.0. The van der Waals surface area contributed by atoms with E-state index in [0.29, 0.717) is 17.6 Å². The van der Waals surface area contributed by atoms with Crippen molar-refractivity contribution in [2.75, 3.05) is 0 Å². The Morgan fingerprint density at radius 1 is 0.230 bits per heavy atom. The van der Waals surface area contributed by atoms with E-state index in [9.17, 15) is 0 Å². The van der Waals surface area contributed by atoms with Crippen molar-refractivity contribution in [2.45, 2.75) is 0 Å². The van der Waals surface area contributed by atoms with E-state index in [2.05, 4.69) is 258 Å². The molecule has 0 atom stereocenters. The molecule has 0 bridgehead atoms. The zero-order valence-corrected chi connectivity index (χ0v) is 40.2.